The van der Waals surface area contributed by atoms with Crippen LogP contribution in [0.3, 0.4) is 0 Å². The normalized spacial score (nSPS) is 21.8. The predicted octanol–water partition coefficient (Wildman–Crippen LogP) is 1.56. The van der Waals surface area contributed by atoms with Gasteiger partial charge in [0.15, 0.2) is 5.65 Å². The van der Waals surface area contributed by atoms with E-state index in [1.54, 1.807) is 24.0 Å². The lowest BCUT2D eigenvalue weighted by Crippen LogP contribution is -2.37. The van der Waals surface area contributed by atoms with Crippen LogP contribution < -0.4 is 19.7 Å². The molecule has 1 aliphatic heterocycles. The third-order valence-corrected chi connectivity index (χ3v) is 5.69. The van der Waals surface area contributed by atoms with E-state index in [9.17, 15) is 0 Å². The minimum absolute atomic E-state index is 0.0832. The molecular formula is C20H26N8O3. The first kappa shape index (κ1) is 19.7. The summed E-state index contributed by atoms with van der Waals surface area (Å²) in [6.07, 6.45) is 8.72. The second-order valence-electron chi connectivity index (χ2n) is 7.71. The van der Waals surface area contributed by atoms with Gasteiger partial charge < -0.3 is 24.4 Å². The molecule has 2 aliphatic rings. The number of hydrogen-bond donors (Lipinski definition) is 1. The number of ether oxygens (including phenoxy) is 3. The van der Waals surface area contributed by atoms with Crippen molar-refractivity contribution in [3.63, 3.8) is 0 Å². The summed E-state index contributed by atoms with van der Waals surface area (Å²) >= 11 is 0. The van der Waals surface area contributed by atoms with Crippen molar-refractivity contribution < 1.29 is 14.2 Å². The van der Waals surface area contributed by atoms with Crippen LogP contribution in [0, 0.1) is 0 Å². The molecular weight excluding hydrogens is 400 g/mol. The molecule has 1 aliphatic carbocycles. The fourth-order valence-electron chi connectivity index (χ4n) is 4.00. The molecule has 11 nitrogen and oxygen atoms in total. The molecule has 1 N–H and O–H groups in total. The highest BCUT2D eigenvalue weighted by Crippen LogP contribution is 2.27. The van der Waals surface area contributed by atoms with Gasteiger partial charge in [-0.25, -0.2) is 15.0 Å². The summed E-state index contributed by atoms with van der Waals surface area (Å²) in [7, 11) is 1.58. The minimum Gasteiger partial charge on any atom is -0.480 e. The van der Waals surface area contributed by atoms with E-state index in [2.05, 4.69) is 30.3 Å². The van der Waals surface area contributed by atoms with Crippen LogP contribution in [0.25, 0.3) is 5.65 Å². The molecule has 0 amide bonds. The maximum absolute atomic E-state index is 6.31. The topological polar surface area (TPSA) is 112 Å². The monoisotopic (exact) mass is 426 g/mol. The van der Waals surface area contributed by atoms with Crippen LogP contribution in [-0.4, -0.2) is 75.1 Å². The Labute approximate surface area is 179 Å². The SMILES string of the molecule is COc1cnc(NC2CCC(Oc3nc(N4CCOCC4)cc4ncnn34)CC2)cn1. The Hall–Kier alpha value is -3.21. The minimum atomic E-state index is 0.0832. The van der Waals surface area contributed by atoms with Crippen LogP contribution in [0.4, 0.5) is 11.6 Å². The fraction of sp³-hybridized carbons (Fsp3) is 0.550. The van der Waals surface area contributed by atoms with Gasteiger partial charge in [0.25, 0.3) is 0 Å². The number of morpholine rings is 1. The van der Waals surface area contributed by atoms with E-state index in [4.69, 9.17) is 19.2 Å². The van der Waals surface area contributed by atoms with Gasteiger partial charge in [-0.2, -0.15) is 14.6 Å². The van der Waals surface area contributed by atoms with Crippen molar-refractivity contribution in [1.82, 2.24) is 29.5 Å². The molecule has 0 radical (unpaired) electrons. The van der Waals surface area contributed by atoms with Gasteiger partial charge in [0, 0.05) is 25.2 Å². The lowest BCUT2D eigenvalue weighted by molar-refractivity contribution is 0.121. The molecule has 0 spiro atoms. The zero-order chi connectivity index (χ0) is 21.0. The molecule has 3 aromatic heterocycles. The molecule has 11 heteroatoms. The van der Waals surface area contributed by atoms with Crippen LogP contribution in [0.1, 0.15) is 25.7 Å². The van der Waals surface area contributed by atoms with E-state index in [1.165, 1.54) is 6.33 Å². The van der Waals surface area contributed by atoms with Crippen molar-refractivity contribution in [2.45, 2.75) is 37.8 Å². The predicted molar refractivity (Wildman–Crippen MR) is 113 cm³/mol. The van der Waals surface area contributed by atoms with E-state index >= 15 is 0 Å². The number of anilines is 2. The van der Waals surface area contributed by atoms with Crippen molar-refractivity contribution in [1.29, 1.82) is 0 Å². The third kappa shape index (κ3) is 4.46. The molecule has 164 valence electrons. The summed E-state index contributed by atoms with van der Waals surface area (Å²) in [5.41, 5.74) is 0.736. The van der Waals surface area contributed by atoms with E-state index < -0.39 is 0 Å². The molecule has 3 aromatic rings. The smallest absolute Gasteiger partial charge is 0.321 e. The van der Waals surface area contributed by atoms with E-state index in [0.717, 1.165) is 56.1 Å². The molecule has 31 heavy (non-hydrogen) atoms. The zero-order valence-electron chi connectivity index (χ0n) is 17.5. The lowest BCUT2D eigenvalue weighted by Gasteiger charge is -2.30. The van der Waals surface area contributed by atoms with Crippen LogP contribution in [0.15, 0.2) is 24.8 Å². The first-order valence-electron chi connectivity index (χ1n) is 10.6. The average Bonchev–Trinajstić information content (AvgIpc) is 3.31. The summed E-state index contributed by atoms with van der Waals surface area (Å²) < 4.78 is 18.5. The summed E-state index contributed by atoms with van der Waals surface area (Å²) in [6, 6.07) is 2.78. The van der Waals surface area contributed by atoms with Gasteiger partial charge >= 0.3 is 6.01 Å². The molecule has 4 heterocycles. The second-order valence-corrected chi connectivity index (χ2v) is 7.71. The van der Waals surface area contributed by atoms with Gasteiger partial charge in [0.05, 0.1) is 32.7 Å². The standard InChI is InChI=1S/C20H26N8O3/c1-29-19-12-21-16(11-22-19)25-14-2-4-15(5-3-14)31-20-26-18(27-6-8-30-9-7-27)10-17-23-13-24-28(17)20/h10-15H,2-9H2,1H3,(H,21,25). The van der Waals surface area contributed by atoms with Gasteiger partial charge in [0.2, 0.25) is 5.88 Å². The first-order valence-corrected chi connectivity index (χ1v) is 10.6. The number of nitrogens with zero attached hydrogens (tertiary/aromatic N) is 7. The maximum Gasteiger partial charge on any atom is 0.321 e. The quantitative estimate of drug-likeness (QED) is 0.623. The first-order chi connectivity index (χ1) is 15.3. The number of rotatable bonds is 6. The van der Waals surface area contributed by atoms with Gasteiger partial charge in [0.1, 0.15) is 24.1 Å². The Morgan fingerprint density at radius 3 is 2.65 bits per heavy atom. The maximum atomic E-state index is 6.31. The molecule has 1 saturated carbocycles. The van der Waals surface area contributed by atoms with Gasteiger partial charge in [-0.05, 0) is 25.7 Å². The molecule has 0 aromatic carbocycles. The summed E-state index contributed by atoms with van der Waals surface area (Å²) in [6.45, 7) is 3.01. The number of fused-ring (bicyclic) bond motifs is 1. The Balaban J connectivity index is 1.23. The Bertz CT molecular complexity index is 997. The van der Waals surface area contributed by atoms with Crippen LogP contribution in [0.2, 0.25) is 0 Å². The van der Waals surface area contributed by atoms with Crippen molar-refractivity contribution in [3.05, 3.63) is 24.8 Å². The van der Waals surface area contributed by atoms with Crippen molar-refractivity contribution in [2.24, 2.45) is 0 Å². The number of hydrogen-bond acceptors (Lipinski definition) is 10. The Morgan fingerprint density at radius 1 is 1.06 bits per heavy atom. The third-order valence-electron chi connectivity index (χ3n) is 5.69. The fourth-order valence-corrected chi connectivity index (χ4v) is 4.00. The van der Waals surface area contributed by atoms with Gasteiger partial charge in [-0.15, -0.1) is 0 Å². The summed E-state index contributed by atoms with van der Waals surface area (Å²) in [4.78, 5) is 19.8. The summed E-state index contributed by atoms with van der Waals surface area (Å²) in [5.74, 6) is 2.12. The lowest BCUT2D eigenvalue weighted by atomic mass is 9.93. The van der Waals surface area contributed by atoms with Crippen LogP contribution >= 0.6 is 0 Å². The molecule has 0 bridgehead atoms. The van der Waals surface area contributed by atoms with Crippen molar-refractivity contribution in [3.8, 4) is 11.9 Å². The second kappa shape index (κ2) is 8.88. The number of nitrogens with one attached hydrogen (secondary N) is 1. The molecule has 5 rings (SSSR count). The molecule has 1 saturated heterocycles. The van der Waals surface area contributed by atoms with Crippen LogP contribution in [-0.2, 0) is 4.74 Å². The van der Waals surface area contributed by atoms with Crippen molar-refractivity contribution >= 4 is 17.3 Å². The van der Waals surface area contributed by atoms with Crippen molar-refractivity contribution in [2.75, 3.05) is 43.6 Å². The zero-order valence-corrected chi connectivity index (χ0v) is 17.5. The highest BCUT2D eigenvalue weighted by molar-refractivity contribution is 5.52. The van der Waals surface area contributed by atoms with E-state index in [1.807, 2.05) is 6.07 Å². The highest BCUT2D eigenvalue weighted by Gasteiger charge is 2.25. The molecule has 2 fully saturated rings. The van der Waals surface area contributed by atoms with E-state index in [-0.39, 0.29) is 6.10 Å². The van der Waals surface area contributed by atoms with Crippen LogP contribution in [0.5, 0.6) is 11.9 Å². The summed E-state index contributed by atoms with van der Waals surface area (Å²) in [5, 5.41) is 7.74. The van der Waals surface area contributed by atoms with Gasteiger partial charge in [-0.3, -0.25) is 0 Å². The Morgan fingerprint density at radius 2 is 1.90 bits per heavy atom. The Kier molecular flexibility index (Phi) is 5.65. The molecule has 0 atom stereocenters. The number of aromatic nitrogens is 6. The average molecular weight is 426 g/mol. The number of methoxy groups -OCH3 is 1. The highest BCUT2D eigenvalue weighted by atomic mass is 16.5. The van der Waals surface area contributed by atoms with E-state index in [0.29, 0.717) is 31.1 Å². The molecule has 0 unspecified atom stereocenters. The largest absolute Gasteiger partial charge is 0.480 e. The van der Waals surface area contributed by atoms with Gasteiger partial charge in [-0.1, -0.05) is 0 Å².